The van der Waals surface area contributed by atoms with Crippen LogP contribution < -0.4 is 19.8 Å². The zero-order valence-electron chi connectivity index (χ0n) is 20.6. The number of amides is 1. The van der Waals surface area contributed by atoms with Gasteiger partial charge in [0.25, 0.3) is 5.24 Å². The van der Waals surface area contributed by atoms with Gasteiger partial charge in [0, 0.05) is 24.3 Å². The maximum atomic E-state index is 11.7. The van der Waals surface area contributed by atoms with Crippen molar-refractivity contribution >= 4 is 34.2 Å². The summed E-state index contributed by atoms with van der Waals surface area (Å²) in [6.45, 7) is 10.2. The molecule has 2 aromatic rings. The molecule has 1 atom stereocenters. The number of carbonyl (C=O) groups excluding carboxylic acids is 1. The first-order chi connectivity index (χ1) is 16.3. The molecular formula is C26H32N4O3S. The maximum Gasteiger partial charge on any atom is 0.299 e. The molecule has 2 aliphatic heterocycles. The fourth-order valence-electron chi connectivity index (χ4n) is 4.54. The Hall–Kier alpha value is -3.00. The Kier molecular flexibility index (Phi) is 6.89. The van der Waals surface area contributed by atoms with Crippen LogP contribution >= 0.6 is 11.8 Å². The third-order valence-corrected chi connectivity index (χ3v) is 7.30. The fourth-order valence-corrected chi connectivity index (χ4v) is 5.26. The number of hydrogen-bond donors (Lipinski definition) is 1. The second-order valence-corrected chi connectivity index (χ2v) is 10.4. The van der Waals surface area contributed by atoms with E-state index >= 15 is 0 Å². The van der Waals surface area contributed by atoms with Gasteiger partial charge in [-0.15, -0.1) is 0 Å². The number of ether oxygens (including phenoxy) is 2. The van der Waals surface area contributed by atoms with Gasteiger partial charge in [-0.1, -0.05) is 31.7 Å². The number of anilines is 1. The Morgan fingerprint density at radius 3 is 2.65 bits per heavy atom. The number of hydrogen-bond acceptors (Lipinski definition) is 6. The lowest BCUT2D eigenvalue weighted by Gasteiger charge is -2.41. The zero-order valence-corrected chi connectivity index (χ0v) is 21.5. The van der Waals surface area contributed by atoms with E-state index in [1.165, 1.54) is 17.3 Å². The lowest BCUT2D eigenvalue weighted by atomic mass is 9.76. The van der Waals surface area contributed by atoms with Gasteiger partial charge in [0.05, 0.1) is 25.2 Å². The molecule has 0 bridgehead atoms. The van der Waals surface area contributed by atoms with Crippen molar-refractivity contribution in [1.29, 1.82) is 0 Å². The largest absolute Gasteiger partial charge is 0.493 e. The van der Waals surface area contributed by atoms with Crippen molar-refractivity contribution in [1.82, 2.24) is 5.43 Å². The van der Waals surface area contributed by atoms with Crippen LogP contribution in [0.2, 0.25) is 0 Å². The zero-order chi connectivity index (χ0) is 24.5. The summed E-state index contributed by atoms with van der Waals surface area (Å²) in [5, 5.41) is 4.24. The van der Waals surface area contributed by atoms with Crippen molar-refractivity contribution in [3.63, 3.8) is 0 Å². The molecule has 0 aliphatic carbocycles. The summed E-state index contributed by atoms with van der Waals surface area (Å²) in [6.07, 6.45) is 0.979. The standard InChI is InChI=1S/C26H32N4O3S/c1-7-27-24(18-9-11-21(32-5)22(15-18)33-6)30-13-12-26(3,4)19-14-17(8-10-20(19)30)23-16(2)34-25(31)29-28-23/h8-11,14-16H,7,12-13H2,1-6H3,(H,29,31)/b27-24-. The van der Waals surface area contributed by atoms with Gasteiger partial charge in [-0.25, -0.2) is 5.43 Å². The first-order valence-electron chi connectivity index (χ1n) is 11.5. The van der Waals surface area contributed by atoms with Gasteiger partial charge >= 0.3 is 0 Å². The van der Waals surface area contributed by atoms with E-state index in [-0.39, 0.29) is 15.9 Å². The number of thioether (sulfide) groups is 1. The van der Waals surface area contributed by atoms with Crippen molar-refractivity contribution in [3.05, 3.63) is 53.1 Å². The molecular weight excluding hydrogens is 448 g/mol. The molecule has 4 rings (SSSR count). The van der Waals surface area contributed by atoms with Gasteiger partial charge in [-0.3, -0.25) is 9.79 Å². The third-order valence-electron chi connectivity index (χ3n) is 6.41. The average molecular weight is 481 g/mol. The predicted octanol–water partition coefficient (Wildman–Crippen LogP) is 5.21. The fraction of sp³-hybridized carbons (Fsp3) is 0.423. The molecule has 34 heavy (non-hydrogen) atoms. The minimum atomic E-state index is -0.115. The second-order valence-electron chi connectivity index (χ2n) is 9.04. The Balaban J connectivity index is 1.79. The molecule has 180 valence electrons. The first kappa shape index (κ1) is 24.1. The Morgan fingerprint density at radius 2 is 1.97 bits per heavy atom. The molecule has 0 spiro atoms. The highest BCUT2D eigenvalue weighted by Gasteiger charge is 2.34. The van der Waals surface area contributed by atoms with E-state index in [9.17, 15) is 4.79 Å². The Bertz CT molecular complexity index is 1160. The average Bonchev–Trinajstić information content (AvgIpc) is 2.82. The van der Waals surface area contributed by atoms with Gasteiger partial charge in [0.1, 0.15) is 5.84 Å². The highest BCUT2D eigenvalue weighted by atomic mass is 32.2. The van der Waals surface area contributed by atoms with Gasteiger partial charge < -0.3 is 14.4 Å². The van der Waals surface area contributed by atoms with Crippen molar-refractivity contribution in [2.45, 2.75) is 44.8 Å². The molecule has 0 aromatic heterocycles. The van der Waals surface area contributed by atoms with Crippen molar-refractivity contribution in [3.8, 4) is 11.5 Å². The number of fused-ring (bicyclic) bond motifs is 1. The van der Waals surface area contributed by atoms with Crippen LogP contribution in [0.1, 0.15) is 50.8 Å². The van der Waals surface area contributed by atoms with Crippen LogP contribution in [0.4, 0.5) is 10.5 Å². The molecule has 1 unspecified atom stereocenters. The van der Waals surface area contributed by atoms with Crippen molar-refractivity contribution in [2.75, 3.05) is 32.2 Å². The Morgan fingerprint density at radius 1 is 1.21 bits per heavy atom. The summed E-state index contributed by atoms with van der Waals surface area (Å²) in [6, 6.07) is 12.4. The number of aliphatic imine (C=N–C) groups is 1. The smallest absolute Gasteiger partial charge is 0.299 e. The van der Waals surface area contributed by atoms with Crippen LogP contribution in [-0.2, 0) is 5.41 Å². The molecule has 1 amide bonds. The van der Waals surface area contributed by atoms with Crippen LogP contribution in [0.15, 0.2) is 46.5 Å². The third kappa shape index (κ3) is 4.51. The van der Waals surface area contributed by atoms with Crippen LogP contribution in [0.5, 0.6) is 11.5 Å². The van der Waals surface area contributed by atoms with Crippen molar-refractivity contribution < 1.29 is 14.3 Å². The molecule has 0 radical (unpaired) electrons. The number of nitrogens with one attached hydrogen (secondary N) is 1. The summed E-state index contributed by atoms with van der Waals surface area (Å²) in [4.78, 5) is 18.9. The normalized spacial score (nSPS) is 19.8. The minimum Gasteiger partial charge on any atom is -0.493 e. The number of amidine groups is 1. The van der Waals surface area contributed by atoms with E-state index in [1.54, 1.807) is 14.2 Å². The summed E-state index contributed by atoms with van der Waals surface area (Å²) in [7, 11) is 3.29. The van der Waals surface area contributed by atoms with E-state index in [0.717, 1.165) is 41.3 Å². The molecule has 7 nitrogen and oxygen atoms in total. The van der Waals surface area contributed by atoms with E-state index < -0.39 is 0 Å². The van der Waals surface area contributed by atoms with E-state index in [2.05, 4.69) is 47.5 Å². The molecule has 0 saturated carbocycles. The SMILES string of the molecule is CC/N=C(/c1ccc(OC)c(OC)c1)N1CCC(C)(C)c2cc(C3=NNC(=O)SC3C)ccc21. The molecule has 2 heterocycles. The molecule has 0 fully saturated rings. The molecule has 2 aliphatic rings. The summed E-state index contributed by atoms with van der Waals surface area (Å²) < 4.78 is 11.0. The number of nitrogens with zero attached hydrogens (tertiary/aromatic N) is 3. The number of benzene rings is 2. The molecule has 0 saturated heterocycles. The lowest BCUT2D eigenvalue weighted by Crippen LogP contribution is -2.42. The second kappa shape index (κ2) is 9.70. The molecule has 2 aromatic carbocycles. The lowest BCUT2D eigenvalue weighted by molar-refractivity contribution is 0.261. The molecule has 1 N–H and O–H groups in total. The minimum absolute atomic E-state index is 0.00131. The van der Waals surface area contributed by atoms with Gasteiger partial charge in [0.15, 0.2) is 11.5 Å². The van der Waals surface area contributed by atoms with E-state index in [1.807, 2.05) is 32.0 Å². The summed E-state index contributed by atoms with van der Waals surface area (Å²) in [5.74, 6) is 2.29. The van der Waals surface area contributed by atoms with E-state index in [4.69, 9.17) is 14.5 Å². The van der Waals surface area contributed by atoms with Crippen molar-refractivity contribution in [2.24, 2.45) is 10.1 Å². The van der Waals surface area contributed by atoms with Crippen LogP contribution in [0, 0.1) is 0 Å². The maximum absolute atomic E-state index is 11.7. The topological polar surface area (TPSA) is 75.5 Å². The monoisotopic (exact) mass is 480 g/mol. The highest BCUT2D eigenvalue weighted by Crippen LogP contribution is 2.42. The quantitative estimate of drug-likeness (QED) is 0.470. The van der Waals surface area contributed by atoms with Crippen LogP contribution in [-0.4, -0.2) is 49.3 Å². The highest BCUT2D eigenvalue weighted by molar-refractivity contribution is 8.14. The van der Waals surface area contributed by atoms with Gasteiger partial charge in [0.2, 0.25) is 0 Å². The van der Waals surface area contributed by atoms with Crippen LogP contribution in [0.3, 0.4) is 0 Å². The number of rotatable bonds is 5. The number of hydrazone groups is 1. The van der Waals surface area contributed by atoms with Gasteiger partial charge in [-0.2, -0.15) is 5.10 Å². The summed E-state index contributed by atoms with van der Waals surface area (Å²) >= 11 is 1.26. The van der Waals surface area contributed by atoms with E-state index in [0.29, 0.717) is 18.0 Å². The Labute approximate surface area is 205 Å². The first-order valence-corrected chi connectivity index (χ1v) is 12.4. The molecule has 8 heteroatoms. The number of methoxy groups -OCH3 is 2. The summed E-state index contributed by atoms with van der Waals surface area (Å²) in [5.41, 5.74) is 7.90. The number of carbonyl (C=O) groups is 1. The van der Waals surface area contributed by atoms with Crippen LogP contribution in [0.25, 0.3) is 0 Å². The van der Waals surface area contributed by atoms with Gasteiger partial charge in [-0.05, 0) is 67.1 Å². The predicted molar refractivity (Wildman–Crippen MR) is 140 cm³/mol.